The number of anilines is 1. The van der Waals surface area contributed by atoms with E-state index in [4.69, 9.17) is 5.73 Å². The molecule has 19 heavy (non-hydrogen) atoms. The van der Waals surface area contributed by atoms with Gasteiger partial charge in [0.2, 0.25) is 5.91 Å². The number of nitrogens with one attached hydrogen (secondary N) is 1. The lowest BCUT2D eigenvalue weighted by Gasteiger charge is -2.08. The molecule has 1 amide bonds. The molecule has 0 fully saturated rings. The first kappa shape index (κ1) is 13.6. The summed E-state index contributed by atoms with van der Waals surface area (Å²) < 4.78 is 0. The van der Waals surface area contributed by atoms with Crippen molar-refractivity contribution < 1.29 is 4.79 Å². The molecule has 0 aliphatic heterocycles. The van der Waals surface area contributed by atoms with Crippen molar-refractivity contribution in [2.24, 2.45) is 5.73 Å². The van der Waals surface area contributed by atoms with Crippen molar-refractivity contribution >= 4 is 34.4 Å². The Hall–Kier alpha value is -1.82. The van der Waals surface area contributed by atoms with E-state index >= 15 is 0 Å². The summed E-state index contributed by atoms with van der Waals surface area (Å²) in [7, 11) is 0. The van der Waals surface area contributed by atoms with Crippen molar-refractivity contribution in [3.05, 3.63) is 24.3 Å². The third-order valence-corrected chi connectivity index (χ3v) is 3.36. The van der Waals surface area contributed by atoms with Gasteiger partial charge in [-0.1, -0.05) is 23.9 Å². The number of fused-ring (bicyclic) bond motifs is 1. The highest BCUT2D eigenvalue weighted by Crippen LogP contribution is 2.24. The topological polar surface area (TPSA) is 80.9 Å². The molecule has 1 aromatic carbocycles. The quantitative estimate of drug-likeness (QED) is 0.623. The Bertz CT molecular complexity index is 588. The minimum atomic E-state index is -0.305. The molecule has 2 aromatic rings. The molecule has 0 saturated carbocycles. The summed E-state index contributed by atoms with van der Waals surface area (Å²) in [6, 6.07) is 7.86. The Labute approximate surface area is 116 Å². The first-order valence-electron chi connectivity index (χ1n) is 6.12. The summed E-state index contributed by atoms with van der Waals surface area (Å²) in [5, 5.41) is 4.90. The van der Waals surface area contributed by atoms with Gasteiger partial charge >= 0.3 is 0 Å². The summed E-state index contributed by atoms with van der Waals surface area (Å²) in [4.78, 5) is 19.7. The fourth-order valence-corrected chi connectivity index (χ4v) is 2.47. The van der Waals surface area contributed by atoms with Crippen LogP contribution < -0.4 is 11.1 Å². The molecule has 5 nitrogen and oxygen atoms in total. The number of benzene rings is 1. The molecular formula is C13H16N4OS. The molecule has 6 heteroatoms. The van der Waals surface area contributed by atoms with Crippen molar-refractivity contribution in [2.45, 2.75) is 18.5 Å². The van der Waals surface area contributed by atoms with Gasteiger partial charge in [-0.3, -0.25) is 4.79 Å². The Morgan fingerprint density at radius 3 is 2.89 bits per heavy atom. The number of carbonyl (C=O) groups is 1. The van der Waals surface area contributed by atoms with Gasteiger partial charge in [0, 0.05) is 24.1 Å². The van der Waals surface area contributed by atoms with Crippen LogP contribution in [0.5, 0.6) is 0 Å². The van der Waals surface area contributed by atoms with Crippen LogP contribution in [0.25, 0.3) is 10.9 Å². The van der Waals surface area contributed by atoms with Gasteiger partial charge in [0.15, 0.2) is 5.16 Å². The second-order valence-electron chi connectivity index (χ2n) is 3.97. The second-order valence-corrected chi connectivity index (χ2v) is 5.03. The SMILES string of the molecule is CCNc1nc(SCCC(N)=O)nc2ccccc12. The number of rotatable bonds is 6. The molecule has 0 aliphatic rings. The van der Waals surface area contributed by atoms with Gasteiger partial charge < -0.3 is 11.1 Å². The molecule has 2 rings (SSSR count). The van der Waals surface area contributed by atoms with E-state index in [2.05, 4.69) is 15.3 Å². The molecule has 100 valence electrons. The number of nitrogens with zero attached hydrogens (tertiary/aromatic N) is 2. The van der Waals surface area contributed by atoms with E-state index in [1.807, 2.05) is 31.2 Å². The zero-order chi connectivity index (χ0) is 13.7. The zero-order valence-electron chi connectivity index (χ0n) is 10.7. The number of carbonyl (C=O) groups excluding carboxylic acids is 1. The number of thioether (sulfide) groups is 1. The van der Waals surface area contributed by atoms with Crippen LogP contribution in [0.2, 0.25) is 0 Å². The van der Waals surface area contributed by atoms with Gasteiger partial charge in [0.05, 0.1) is 5.52 Å². The fraction of sp³-hybridized carbons (Fsp3) is 0.308. The summed E-state index contributed by atoms with van der Waals surface area (Å²) in [6.45, 7) is 2.82. The van der Waals surface area contributed by atoms with Crippen molar-refractivity contribution in [1.82, 2.24) is 9.97 Å². The summed E-state index contributed by atoms with van der Waals surface area (Å²) >= 11 is 1.44. The molecule has 0 radical (unpaired) electrons. The number of para-hydroxylation sites is 1. The molecule has 1 aromatic heterocycles. The minimum Gasteiger partial charge on any atom is -0.370 e. The summed E-state index contributed by atoms with van der Waals surface area (Å²) in [6.07, 6.45) is 0.331. The van der Waals surface area contributed by atoms with Gasteiger partial charge in [-0.15, -0.1) is 0 Å². The average molecular weight is 276 g/mol. The highest BCUT2D eigenvalue weighted by molar-refractivity contribution is 7.99. The molecule has 0 aliphatic carbocycles. The zero-order valence-corrected chi connectivity index (χ0v) is 11.5. The smallest absolute Gasteiger partial charge is 0.218 e. The van der Waals surface area contributed by atoms with Crippen LogP contribution in [0.15, 0.2) is 29.4 Å². The molecule has 0 atom stereocenters. The van der Waals surface area contributed by atoms with E-state index in [1.54, 1.807) is 0 Å². The van der Waals surface area contributed by atoms with Crippen molar-refractivity contribution in [3.8, 4) is 0 Å². The van der Waals surface area contributed by atoms with Crippen LogP contribution in [0.4, 0.5) is 5.82 Å². The van der Waals surface area contributed by atoms with E-state index in [0.717, 1.165) is 23.3 Å². The molecule has 0 spiro atoms. The lowest BCUT2D eigenvalue weighted by molar-refractivity contribution is -0.117. The molecule has 1 heterocycles. The van der Waals surface area contributed by atoms with Crippen LogP contribution in [-0.2, 0) is 4.79 Å². The fourth-order valence-electron chi connectivity index (χ4n) is 1.66. The number of primary amides is 1. The van der Waals surface area contributed by atoms with Gasteiger partial charge in [-0.25, -0.2) is 9.97 Å². The third-order valence-electron chi connectivity index (χ3n) is 2.51. The van der Waals surface area contributed by atoms with E-state index < -0.39 is 0 Å². The van der Waals surface area contributed by atoms with Gasteiger partial charge in [0.1, 0.15) is 5.82 Å². The van der Waals surface area contributed by atoms with Crippen LogP contribution in [0.1, 0.15) is 13.3 Å². The Morgan fingerprint density at radius 2 is 2.16 bits per heavy atom. The molecule has 0 saturated heterocycles. The van der Waals surface area contributed by atoms with Gasteiger partial charge in [-0.2, -0.15) is 0 Å². The van der Waals surface area contributed by atoms with Crippen molar-refractivity contribution in [2.75, 3.05) is 17.6 Å². The van der Waals surface area contributed by atoms with Crippen molar-refractivity contribution in [1.29, 1.82) is 0 Å². The molecular weight excluding hydrogens is 260 g/mol. The third kappa shape index (κ3) is 3.57. The number of hydrogen-bond donors (Lipinski definition) is 2. The van der Waals surface area contributed by atoms with Crippen LogP contribution in [0.3, 0.4) is 0 Å². The Balaban J connectivity index is 2.26. The van der Waals surface area contributed by atoms with Crippen LogP contribution in [0, 0.1) is 0 Å². The summed E-state index contributed by atoms with van der Waals surface area (Å²) in [5.74, 6) is 1.12. The first-order valence-corrected chi connectivity index (χ1v) is 7.11. The highest BCUT2D eigenvalue weighted by atomic mass is 32.2. The molecule has 0 unspecified atom stereocenters. The van der Waals surface area contributed by atoms with E-state index in [9.17, 15) is 4.79 Å². The first-order chi connectivity index (χ1) is 9.20. The van der Waals surface area contributed by atoms with Crippen molar-refractivity contribution in [3.63, 3.8) is 0 Å². The second kappa shape index (κ2) is 6.38. The Kier molecular flexibility index (Phi) is 4.57. The maximum Gasteiger partial charge on any atom is 0.218 e. The van der Waals surface area contributed by atoms with Crippen LogP contribution >= 0.6 is 11.8 Å². The van der Waals surface area contributed by atoms with E-state index in [1.165, 1.54) is 11.8 Å². The summed E-state index contributed by atoms with van der Waals surface area (Å²) in [5.41, 5.74) is 6.02. The number of amides is 1. The van der Waals surface area contributed by atoms with Crippen LogP contribution in [-0.4, -0.2) is 28.2 Å². The van der Waals surface area contributed by atoms with E-state index in [-0.39, 0.29) is 5.91 Å². The minimum absolute atomic E-state index is 0.305. The normalized spacial score (nSPS) is 10.6. The standard InChI is InChI=1S/C13H16N4OS/c1-2-15-12-9-5-3-4-6-10(9)16-13(17-12)19-8-7-11(14)18/h3-6H,2,7-8H2,1H3,(H2,14,18)(H,15,16,17). The number of nitrogens with two attached hydrogens (primary N) is 1. The number of hydrogen-bond acceptors (Lipinski definition) is 5. The molecule has 3 N–H and O–H groups in total. The van der Waals surface area contributed by atoms with Gasteiger partial charge in [0.25, 0.3) is 0 Å². The predicted octanol–water partition coefficient (Wildman–Crippen LogP) is 2.03. The predicted molar refractivity (Wildman–Crippen MR) is 78.2 cm³/mol. The monoisotopic (exact) mass is 276 g/mol. The number of aromatic nitrogens is 2. The maximum absolute atomic E-state index is 10.7. The lowest BCUT2D eigenvalue weighted by Crippen LogP contribution is -2.11. The largest absolute Gasteiger partial charge is 0.370 e. The Morgan fingerprint density at radius 1 is 1.37 bits per heavy atom. The highest BCUT2D eigenvalue weighted by Gasteiger charge is 2.07. The molecule has 0 bridgehead atoms. The maximum atomic E-state index is 10.7. The van der Waals surface area contributed by atoms with E-state index in [0.29, 0.717) is 17.3 Å². The lowest BCUT2D eigenvalue weighted by atomic mass is 10.2. The van der Waals surface area contributed by atoms with Gasteiger partial charge in [-0.05, 0) is 19.1 Å². The average Bonchev–Trinajstić information content (AvgIpc) is 2.39.